The Hall–Kier alpha value is -1.94. The molecule has 100 heavy (non-hydrogen) atoms. The average Bonchev–Trinajstić information content (AvgIpc) is 0.929. The summed E-state index contributed by atoms with van der Waals surface area (Å²) < 4.78 is 68.6. The molecule has 7 atom stereocenters. The molecule has 3 N–H and O–H groups in total. The normalized spacial score (nSPS) is 14.4. The quantitative estimate of drug-likeness (QED) is 0.0222. The Morgan fingerprint density at radius 1 is 0.280 bits per heavy atom. The van der Waals surface area contributed by atoms with Gasteiger partial charge in [-0.25, -0.2) is 9.13 Å². The van der Waals surface area contributed by atoms with Gasteiger partial charge in [0.05, 0.1) is 26.4 Å². The van der Waals surface area contributed by atoms with Gasteiger partial charge < -0.3 is 33.8 Å². The first-order valence-corrected chi connectivity index (χ1v) is 45.1. The lowest BCUT2D eigenvalue weighted by Gasteiger charge is -2.21. The third kappa shape index (κ3) is 71.7. The topological polar surface area (TPSA) is 237 Å². The summed E-state index contributed by atoms with van der Waals surface area (Å²) in [5, 5.41) is 10.6. The molecule has 0 aliphatic heterocycles. The molecule has 0 saturated heterocycles. The zero-order chi connectivity index (χ0) is 73.5. The number of carbonyl (C=O) groups is 4. The zero-order valence-electron chi connectivity index (χ0n) is 65.5. The summed E-state index contributed by atoms with van der Waals surface area (Å²) in [7, 11) is -9.92. The lowest BCUT2D eigenvalue weighted by Crippen LogP contribution is -2.30. The van der Waals surface area contributed by atoms with Crippen molar-refractivity contribution in [3.05, 3.63) is 0 Å². The van der Waals surface area contributed by atoms with Gasteiger partial charge in [0.2, 0.25) is 0 Å². The molecule has 0 bridgehead atoms. The number of aliphatic hydroxyl groups is 1. The first-order valence-electron chi connectivity index (χ1n) is 42.1. The molecule has 0 heterocycles. The molecular weight excluding hydrogens is 1310 g/mol. The molecule has 4 unspecified atom stereocenters. The van der Waals surface area contributed by atoms with Crippen LogP contribution in [0.4, 0.5) is 0 Å². The smallest absolute Gasteiger partial charge is 0.462 e. The van der Waals surface area contributed by atoms with Gasteiger partial charge in [0.25, 0.3) is 0 Å². The fourth-order valence-corrected chi connectivity index (χ4v) is 14.1. The number of carbonyl (C=O) groups excluding carboxylic acids is 4. The van der Waals surface area contributed by atoms with Crippen LogP contribution in [0.1, 0.15) is 427 Å². The number of hydrogen-bond donors (Lipinski definition) is 3. The van der Waals surface area contributed by atoms with E-state index in [0.717, 1.165) is 108 Å². The third-order valence-corrected chi connectivity index (χ3v) is 21.6. The second kappa shape index (κ2) is 72.6. The highest BCUT2D eigenvalue weighted by Crippen LogP contribution is 2.45. The molecular formula is C81H158O17P2. The van der Waals surface area contributed by atoms with Gasteiger partial charge in [-0.1, -0.05) is 375 Å². The fraction of sp³-hybridized carbons (Fsp3) is 0.951. The molecule has 0 aromatic heterocycles. The first kappa shape index (κ1) is 98.1. The van der Waals surface area contributed by atoms with E-state index in [1.165, 1.54) is 238 Å². The van der Waals surface area contributed by atoms with Gasteiger partial charge in [0.1, 0.15) is 19.3 Å². The second-order valence-electron chi connectivity index (χ2n) is 29.6. The van der Waals surface area contributed by atoms with E-state index in [2.05, 4.69) is 41.5 Å². The summed E-state index contributed by atoms with van der Waals surface area (Å²) >= 11 is 0. The largest absolute Gasteiger partial charge is 0.472 e. The molecule has 0 amide bonds. The molecule has 0 radical (unpaired) electrons. The molecule has 0 rings (SSSR count). The summed E-state index contributed by atoms with van der Waals surface area (Å²) in [6, 6.07) is 0. The molecule has 0 spiro atoms. The maximum atomic E-state index is 13.1. The van der Waals surface area contributed by atoms with Crippen LogP contribution in [0.2, 0.25) is 0 Å². The highest BCUT2D eigenvalue weighted by molar-refractivity contribution is 7.47. The van der Waals surface area contributed by atoms with Crippen LogP contribution < -0.4 is 0 Å². The van der Waals surface area contributed by atoms with Crippen molar-refractivity contribution in [1.29, 1.82) is 0 Å². The van der Waals surface area contributed by atoms with E-state index in [4.69, 9.17) is 37.0 Å². The van der Waals surface area contributed by atoms with Crippen molar-refractivity contribution in [2.45, 2.75) is 445 Å². The number of unbranched alkanes of at least 4 members (excludes halogenated alkanes) is 48. The zero-order valence-corrected chi connectivity index (χ0v) is 67.3. The molecule has 0 aromatic carbocycles. The predicted octanol–water partition coefficient (Wildman–Crippen LogP) is 24.3. The van der Waals surface area contributed by atoms with Crippen molar-refractivity contribution in [2.75, 3.05) is 39.6 Å². The Morgan fingerprint density at radius 3 is 0.710 bits per heavy atom. The minimum Gasteiger partial charge on any atom is -0.462 e. The van der Waals surface area contributed by atoms with Crippen molar-refractivity contribution < 1.29 is 80.2 Å². The molecule has 0 aliphatic rings. The van der Waals surface area contributed by atoms with Gasteiger partial charge in [0, 0.05) is 25.7 Å². The first-order chi connectivity index (χ1) is 48.4. The monoisotopic (exact) mass is 1470 g/mol. The molecule has 0 aromatic rings. The Morgan fingerprint density at radius 2 is 0.480 bits per heavy atom. The highest BCUT2D eigenvalue weighted by Gasteiger charge is 2.30. The summed E-state index contributed by atoms with van der Waals surface area (Å²) in [5.41, 5.74) is 0. The van der Waals surface area contributed by atoms with Crippen LogP contribution in [0.25, 0.3) is 0 Å². The third-order valence-electron chi connectivity index (χ3n) is 19.7. The maximum Gasteiger partial charge on any atom is 0.472 e. The van der Waals surface area contributed by atoms with Gasteiger partial charge >= 0.3 is 39.5 Å². The average molecular weight is 1470 g/mol. The van der Waals surface area contributed by atoms with Crippen molar-refractivity contribution >= 4 is 39.5 Å². The predicted molar refractivity (Wildman–Crippen MR) is 409 cm³/mol. The highest BCUT2D eigenvalue weighted by atomic mass is 31.2. The Balaban J connectivity index is 5.19. The van der Waals surface area contributed by atoms with E-state index in [1.54, 1.807) is 0 Å². The summed E-state index contributed by atoms with van der Waals surface area (Å²) in [4.78, 5) is 72.9. The van der Waals surface area contributed by atoms with E-state index in [0.29, 0.717) is 25.7 Å². The molecule has 19 heteroatoms. The van der Waals surface area contributed by atoms with Gasteiger partial charge in [-0.3, -0.25) is 37.3 Å². The second-order valence-corrected chi connectivity index (χ2v) is 32.6. The van der Waals surface area contributed by atoms with Crippen molar-refractivity contribution in [1.82, 2.24) is 0 Å². The fourth-order valence-electron chi connectivity index (χ4n) is 12.5. The van der Waals surface area contributed by atoms with Crippen LogP contribution in [0.3, 0.4) is 0 Å². The Labute approximate surface area is 613 Å². The Bertz CT molecular complexity index is 1930. The minimum absolute atomic E-state index is 0.102. The number of ether oxygens (including phenoxy) is 4. The lowest BCUT2D eigenvalue weighted by atomic mass is 10.00. The Kier molecular flexibility index (Phi) is 71.2. The van der Waals surface area contributed by atoms with E-state index in [1.807, 2.05) is 0 Å². The van der Waals surface area contributed by atoms with Gasteiger partial charge in [-0.2, -0.15) is 0 Å². The van der Waals surface area contributed by atoms with E-state index in [9.17, 15) is 43.2 Å². The number of esters is 4. The molecule has 594 valence electrons. The van der Waals surface area contributed by atoms with Crippen LogP contribution in [-0.4, -0.2) is 96.7 Å². The summed E-state index contributed by atoms with van der Waals surface area (Å²) in [6.45, 7) is 9.53. The van der Waals surface area contributed by atoms with E-state index in [-0.39, 0.29) is 25.7 Å². The number of hydrogen-bond acceptors (Lipinski definition) is 15. The van der Waals surface area contributed by atoms with Crippen molar-refractivity contribution in [3.8, 4) is 0 Å². The SMILES string of the molecule is CCCCCCCCCCCCCCCCCCCCCCC(=O)OC[C@H](COP(=O)(O)OC[C@@H](O)COP(=O)(O)OC[C@@H](COC(=O)CCCCCCCCC(C)CC)OC(=O)CCCCCCCCC(C)CC)OC(=O)CCCCCCCCCCCCCCCCCCCCCC. The van der Waals surface area contributed by atoms with Gasteiger partial charge in [0.15, 0.2) is 12.2 Å². The van der Waals surface area contributed by atoms with Crippen LogP contribution in [0.15, 0.2) is 0 Å². The number of aliphatic hydroxyl groups excluding tert-OH is 1. The molecule has 0 aliphatic carbocycles. The summed E-state index contributed by atoms with van der Waals surface area (Å²) in [5.74, 6) is -0.665. The van der Waals surface area contributed by atoms with E-state index < -0.39 is 97.5 Å². The van der Waals surface area contributed by atoms with Gasteiger partial charge in [-0.05, 0) is 37.5 Å². The molecule has 0 saturated carbocycles. The van der Waals surface area contributed by atoms with Gasteiger partial charge in [-0.15, -0.1) is 0 Å². The number of phosphoric acid groups is 2. The van der Waals surface area contributed by atoms with Crippen LogP contribution in [-0.2, 0) is 65.4 Å². The van der Waals surface area contributed by atoms with E-state index >= 15 is 0 Å². The standard InChI is InChI=1S/C81H158O17P2/c1-7-11-13-15-17-19-21-23-25-27-29-31-33-35-37-39-41-43-51-57-63-78(83)91-69-76(97-80(85)65-59-53-44-42-40-38-36-34-32-30-28-26-24-22-20-18-16-14-12-8-2)71-95-99(87,88)93-67-75(82)68-94-100(89,90)96-72-77(98-81(86)66-60-54-48-46-50-56-62-74(6)10-4)70-92-79(84)64-58-52-47-45-49-55-61-73(5)9-3/h73-77,82H,7-72H2,1-6H3,(H,87,88)(H,89,90)/t73?,74?,75-,76-,77-/m1/s1. The van der Waals surface area contributed by atoms with Crippen LogP contribution >= 0.6 is 15.6 Å². The summed E-state index contributed by atoms with van der Waals surface area (Å²) in [6.07, 6.45) is 62.8. The van der Waals surface area contributed by atoms with Crippen molar-refractivity contribution in [2.24, 2.45) is 11.8 Å². The lowest BCUT2D eigenvalue weighted by molar-refractivity contribution is -0.161. The maximum absolute atomic E-state index is 13.1. The minimum atomic E-state index is -4.96. The number of phosphoric ester groups is 2. The van der Waals surface area contributed by atoms with Crippen LogP contribution in [0.5, 0.6) is 0 Å². The van der Waals surface area contributed by atoms with Crippen LogP contribution in [0, 0.1) is 11.8 Å². The molecule has 0 fully saturated rings. The number of rotatable bonds is 80. The van der Waals surface area contributed by atoms with Crippen molar-refractivity contribution in [3.63, 3.8) is 0 Å². The molecule has 17 nitrogen and oxygen atoms in total.